The van der Waals surface area contributed by atoms with Crippen molar-refractivity contribution >= 4 is 5.91 Å². The van der Waals surface area contributed by atoms with Crippen LogP contribution in [0.5, 0.6) is 0 Å². The van der Waals surface area contributed by atoms with Crippen LogP contribution in [-0.2, 0) is 22.6 Å². The number of hydrogen-bond donors (Lipinski definition) is 1. The van der Waals surface area contributed by atoms with E-state index in [1.807, 2.05) is 29.2 Å². The summed E-state index contributed by atoms with van der Waals surface area (Å²) in [6, 6.07) is 20.6. The minimum Gasteiger partial charge on any atom is -0.375 e. The molecule has 0 bridgehead atoms. The summed E-state index contributed by atoms with van der Waals surface area (Å²) in [5.41, 5.74) is 8.11. The summed E-state index contributed by atoms with van der Waals surface area (Å²) in [6.07, 6.45) is 1.17. The van der Waals surface area contributed by atoms with Crippen molar-refractivity contribution in [3.05, 3.63) is 71.8 Å². The summed E-state index contributed by atoms with van der Waals surface area (Å²) < 4.78 is 5.91. The Bertz CT molecular complexity index is 708. The van der Waals surface area contributed by atoms with Crippen molar-refractivity contribution in [3.63, 3.8) is 0 Å². The number of benzene rings is 2. The Hall–Kier alpha value is -2.21. The van der Waals surface area contributed by atoms with Gasteiger partial charge >= 0.3 is 0 Å². The van der Waals surface area contributed by atoms with Crippen molar-refractivity contribution in [2.24, 2.45) is 5.73 Å². The number of rotatable bonds is 9. The van der Waals surface area contributed by atoms with Gasteiger partial charge in [0, 0.05) is 32.7 Å². The SMILES string of the molecule is NCCCN(Cc1ccccc1)C(=O)CC1CN(Cc2ccccc2)CCO1. The minimum absolute atomic E-state index is 0.0545. The molecule has 0 saturated carbocycles. The topological polar surface area (TPSA) is 58.8 Å². The maximum atomic E-state index is 13.0. The number of carbonyl (C=O) groups excluding carboxylic acids is 1. The number of hydrogen-bond acceptors (Lipinski definition) is 4. The van der Waals surface area contributed by atoms with E-state index in [4.69, 9.17) is 10.5 Å². The van der Waals surface area contributed by atoms with Crippen molar-refractivity contribution in [2.45, 2.75) is 32.0 Å². The third kappa shape index (κ3) is 6.44. The van der Waals surface area contributed by atoms with Crippen molar-refractivity contribution < 1.29 is 9.53 Å². The summed E-state index contributed by atoms with van der Waals surface area (Å²) in [5, 5.41) is 0. The van der Waals surface area contributed by atoms with E-state index < -0.39 is 0 Å². The van der Waals surface area contributed by atoms with Crippen LogP contribution in [0.3, 0.4) is 0 Å². The molecule has 5 heteroatoms. The lowest BCUT2D eigenvalue weighted by atomic mass is 10.1. The van der Waals surface area contributed by atoms with Crippen LogP contribution < -0.4 is 5.73 Å². The Balaban J connectivity index is 1.55. The normalized spacial score (nSPS) is 17.4. The molecule has 0 spiro atoms. The molecule has 3 rings (SSSR count). The first-order valence-electron chi connectivity index (χ1n) is 10.1. The van der Waals surface area contributed by atoms with E-state index in [1.165, 1.54) is 5.56 Å². The molecule has 1 atom stereocenters. The minimum atomic E-state index is -0.0545. The van der Waals surface area contributed by atoms with E-state index in [9.17, 15) is 4.79 Å². The quantitative estimate of drug-likeness (QED) is 0.725. The Labute approximate surface area is 168 Å². The first-order valence-corrected chi connectivity index (χ1v) is 10.1. The molecule has 1 fully saturated rings. The highest BCUT2D eigenvalue weighted by molar-refractivity contribution is 5.76. The van der Waals surface area contributed by atoms with E-state index >= 15 is 0 Å². The molecule has 2 N–H and O–H groups in total. The van der Waals surface area contributed by atoms with Crippen LogP contribution in [0.2, 0.25) is 0 Å². The predicted octanol–water partition coefficient (Wildman–Crippen LogP) is 2.66. The van der Waals surface area contributed by atoms with Gasteiger partial charge in [0.1, 0.15) is 0 Å². The average Bonchev–Trinajstić information content (AvgIpc) is 2.73. The molecule has 2 aromatic rings. The van der Waals surface area contributed by atoms with Crippen molar-refractivity contribution in [1.29, 1.82) is 0 Å². The van der Waals surface area contributed by atoms with Crippen LogP contribution in [0.15, 0.2) is 60.7 Å². The predicted molar refractivity (Wildman–Crippen MR) is 112 cm³/mol. The second-order valence-corrected chi connectivity index (χ2v) is 7.36. The largest absolute Gasteiger partial charge is 0.375 e. The van der Waals surface area contributed by atoms with E-state index in [0.717, 1.165) is 31.6 Å². The van der Waals surface area contributed by atoms with Gasteiger partial charge in [-0.25, -0.2) is 0 Å². The van der Waals surface area contributed by atoms with Crippen molar-refractivity contribution in [3.8, 4) is 0 Å². The first-order chi connectivity index (χ1) is 13.7. The van der Waals surface area contributed by atoms with Gasteiger partial charge in [0.05, 0.1) is 19.1 Å². The van der Waals surface area contributed by atoms with Gasteiger partial charge in [0.25, 0.3) is 0 Å². The fourth-order valence-corrected chi connectivity index (χ4v) is 3.59. The van der Waals surface area contributed by atoms with Gasteiger partial charge in [-0.3, -0.25) is 9.69 Å². The summed E-state index contributed by atoms with van der Waals surface area (Å²) in [6.45, 7) is 5.16. The molecule has 28 heavy (non-hydrogen) atoms. The molecule has 1 amide bonds. The number of morpholine rings is 1. The van der Waals surface area contributed by atoms with Gasteiger partial charge in [-0.2, -0.15) is 0 Å². The maximum absolute atomic E-state index is 13.0. The van der Waals surface area contributed by atoms with Gasteiger partial charge < -0.3 is 15.4 Å². The third-order valence-electron chi connectivity index (χ3n) is 5.08. The third-order valence-corrected chi connectivity index (χ3v) is 5.08. The standard InChI is InChI=1S/C23H31N3O2/c24-12-7-13-26(18-21-10-5-2-6-11-21)23(27)16-22-19-25(14-15-28-22)17-20-8-3-1-4-9-20/h1-6,8-11,22H,7,12-19,24H2. The molecule has 1 unspecified atom stereocenters. The van der Waals surface area contributed by atoms with Crippen molar-refractivity contribution in [2.75, 3.05) is 32.8 Å². The molecule has 0 radical (unpaired) electrons. The summed E-state index contributed by atoms with van der Waals surface area (Å²) in [7, 11) is 0. The Kier molecular flexibility index (Phi) is 8.03. The van der Waals surface area contributed by atoms with Crippen molar-refractivity contribution in [1.82, 2.24) is 9.80 Å². The smallest absolute Gasteiger partial charge is 0.225 e. The molecule has 1 aliphatic heterocycles. The van der Waals surface area contributed by atoms with Gasteiger partial charge in [0.15, 0.2) is 0 Å². The Morgan fingerprint density at radius 1 is 1.07 bits per heavy atom. The highest BCUT2D eigenvalue weighted by Gasteiger charge is 2.25. The van der Waals surface area contributed by atoms with Gasteiger partial charge in [-0.1, -0.05) is 60.7 Å². The molecule has 1 saturated heterocycles. The summed E-state index contributed by atoms with van der Waals surface area (Å²) in [4.78, 5) is 17.3. The monoisotopic (exact) mass is 381 g/mol. The van der Waals surface area contributed by atoms with Gasteiger partial charge in [0.2, 0.25) is 5.91 Å². The number of nitrogens with zero attached hydrogens (tertiary/aromatic N) is 2. The lowest BCUT2D eigenvalue weighted by Gasteiger charge is -2.34. The fourth-order valence-electron chi connectivity index (χ4n) is 3.59. The van der Waals surface area contributed by atoms with E-state index in [0.29, 0.717) is 32.7 Å². The highest BCUT2D eigenvalue weighted by atomic mass is 16.5. The van der Waals surface area contributed by atoms with Crippen LogP contribution in [0, 0.1) is 0 Å². The summed E-state index contributed by atoms with van der Waals surface area (Å²) >= 11 is 0. The second-order valence-electron chi connectivity index (χ2n) is 7.36. The lowest BCUT2D eigenvalue weighted by molar-refractivity contribution is -0.137. The Morgan fingerprint density at radius 2 is 1.75 bits per heavy atom. The zero-order valence-electron chi connectivity index (χ0n) is 16.5. The van der Waals surface area contributed by atoms with Crippen LogP contribution in [0.1, 0.15) is 24.0 Å². The van der Waals surface area contributed by atoms with Gasteiger partial charge in [-0.05, 0) is 24.1 Å². The van der Waals surface area contributed by atoms with Crippen LogP contribution in [0.25, 0.3) is 0 Å². The number of nitrogens with two attached hydrogens (primary N) is 1. The highest BCUT2D eigenvalue weighted by Crippen LogP contribution is 2.15. The number of carbonyl (C=O) groups is 1. The molecule has 0 aromatic heterocycles. The molecular formula is C23H31N3O2. The van der Waals surface area contributed by atoms with E-state index in [1.54, 1.807) is 0 Å². The lowest BCUT2D eigenvalue weighted by Crippen LogP contribution is -2.44. The molecule has 2 aromatic carbocycles. The zero-order chi connectivity index (χ0) is 19.6. The molecule has 150 valence electrons. The van der Waals surface area contributed by atoms with Crippen LogP contribution in [0.4, 0.5) is 0 Å². The van der Waals surface area contributed by atoms with Crippen LogP contribution in [-0.4, -0.2) is 54.6 Å². The number of amides is 1. The first kappa shape index (κ1) is 20.5. The van der Waals surface area contributed by atoms with E-state index in [-0.39, 0.29) is 12.0 Å². The summed E-state index contributed by atoms with van der Waals surface area (Å²) in [5.74, 6) is 0.142. The number of ether oxygens (including phenoxy) is 1. The Morgan fingerprint density at radius 3 is 2.43 bits per heavy atom. The zero-order valence-corrected chi connectivity index (χ0v) is 16.5. The maximum Gasteiger partial charge on any atom is 0.225 e. The second kappa shape index (κ2) is 11.0. The molecule has 5 nitrogen and oxygen atoms in total. The molecule has 1 aliphatic rings. The molecule has 1 heterocycles. The van der Waals surface area contributed by atoms with E-state index in [2.05, 4.69) is 41.3 Å². The van der Waals surface area contributed by atoms with Gasteiger partial charge in [-0.15, -0.1) is 0 Å². The average molecular weight is 382 g/mol. The van der Waals surface area contributed by atoms with Crippen LogP contribution >= 0.6 is 0 Å². The molecular weight excluding hydrogens is 350 g/mol. The fraction of sp³-hybridized carbons (Fsp3) is 0.435. The molecule has 0 aliphatic carbocycles.